The number of aromatic nitrogens is 2. The van der Waals surface area contributed by atoms with E-state index in [1.807, 2.05) is 42.5 Å². The Morgan fingerprint density at radius 2 is 1.86 bits per heavy atom. The van der Waals surface area contributed by atoms with E-state index in [0.29, 0.717) is 35.6 Å². The quantitative estimate of drug-likeness (QED) is 0.316. The first-order chi connectivity index (χ1) is 13.7. The number of benzene rings is 1. The molecule has 0 aliphatic heterocycles. The maximum atomic E-state index is 10.7. The molecule has 3 aromatic rings. The highest BCUT2D eigenvalue weighted by Gasteiger charge is 2.11. The summed E-state index contributed by atoms with van der Waals surface area (Å²) >= 11 is 0. The third-order valence-electron chi connectivity index (χ3n) is 4.11. The molecule has 0 saturated heterocycles. The van der Waals surface area contributed by atoms with Crippen LogP contribution in [-0.4, -0.2) is 32.0 Å². The number of aryl methyl sites for hydroxylation is 1. The SMILES string of the molecule is O=C(O)CCc1cccc(C(=NO)c2ccc(CNc3ccccn3)cc2)n1. The van der Waals surface area contributed by atoms with Crippen LogP contribution in [0.25, 0.3) is 0 Å². The van der Waals surface area contributed by atoms with Gasteiger partial charge in [0.05, 0.1) is 12.1 Å². The third kappa shape index (κ3) is 5.14. The Balaban J connectivity index is 1.71. The monoisotopic (exact) mass is 376 g/mol. The molecule has 0 aliphatic carbocycles. The fourth-order valence-electron chi connectivity index (χ4n) is 2.68. The molecule has 0 unspecified atom stereocenters. The topological polar surface area (TPSA) is 108 Å². The molecule has 2 aromatic heterocycles. The standard InChI is InChI=1S/C21H20N4O3/c26-20(27)12-11-17-4-3-5-18(24-17)21(25-28)16-9-7-15(8-10-16)14-23-19-6-1-2-13-22-19/h1-10,13,28H,11-12,14H2,(H,22,23)(H,26,27). The molecule has 0 spiro atoms. The Morgan fingerprint density at radius 3 is 2.54 bits per heavy atom. The second-order valence-electron chi connectivity index (χ2n) is 6.12. The summed E-state index contributed by atoms with van der Waals surface area (Å²) in [5, 5.41) is 25.0. The molecular formula is C21H20N4O3. The molecular weight excluding hydrogens is 356 g/mol. The van der Waals surface area contributed by atoms with Gasteiger partial charge in [0.2, 0.25) is 0 Å². The number of nitrogens with zero attached hydrogens (tertiary/aromatic N) is 3. The summed E-state index contributed by atoms with van der Waals surface area (Å²) in [6.07, 6.45) is 2.05. The van der Waals surface area contributed by atoms with Crippen LogP contribution in [0.4, 0.5) is 5.82 Å². The van der Waals surface area contributed by atoms with Crippen LogP contribution in [0.5, 0.6) is 0 Å². The van der Waals surface area contributed by atoms with E-state index < -0.39 is 5.97 Å². The molecule has 0 fully saturated rings. The Hall–Kier alpha value is -3.74. The van der Waals surface area contributed by atoms with Crippen LogP contribution in [0.1, 0.15) is 28.9 Å². The number of carboxylic acids is 1. The summed E-state index contributed by atoms with van der Waals surface area (Å²) in [5.74, 6) is -0.0790. The Morgan fingerprint density at radius 1 is 1.04 bits per heavy atom. The number of nitrogens with one attached hydrogen (secondary N) is 1. The van der Waals surface area contributed by atoms with Crippen LogP contribution in [-0.2, 0) is 17.8 Å². The second kappa shape index (κ2) is 9.27. The molecule has 0 aliphatic rings. The van der Waals surface area contributed by atoms with E-state index in [9.17, 15) is 10.0 Å². The van der Waals surface area contributed by atoms with Crippen molar-refractivity contribution in [2.45, 2.75) is 19.4 Å². The van der Waals surface area contributed by atoms with Crippen LogP contribution in [0.15, 0.2) is 72.0 Å². The summed E-state index contributed by atoms with van der Waals surface area (Å²) in [5.41, 5.74) is 3.23. The first-order valence-corrected chi connectivity index (χ1v) is 8.80. The predicted octanol–water partition coefficient (Wildman–Crippen LogP) is 3.33. The lowest BCUT2D eigenvalue weighted by Crippen LogP contribution is -2.09. The number of hydrogen-bond acceptors (Lipinski definition) is 6. The van der Waals surface area contributed by atoms with Gasteiger partial charge >= 0.3 is 5.97 Å². The van der Waals surface area contributed by atoms with Crippen molar-refractivity contribution in [2.24, 2.45) is 5.16 Å². The van der Waals surface area contributed by atoms with Crippen LogP contribution in [0.3, 0.4) is 0 Å². The number of hydrogen-bond donors (Lipinski definition) is 3. The highest BCUT2D eigenvalue weighted by Crippen LogP contribution is 2.13. The van der Waals surface area contributed by atoms with Crippen molar-refractivity contribution in [3.63, 3.8) is 0 Å². The minimum Gasteiger partial charge on any atom is -0.481 e. The van der Waals surface area contributed by atoms with Gasteiger partial charge in [0.15, 0.2) is 0 Å². The van der Waals surface area contributed by atoms with Gasteiger partial charge in [-0.15, -0.1) is 0 Å². The second-order valence-corrected chi connectivity index (χ2v) is 6.12. The summed E-state index contributed by atoms with van der Waals surface area (Å²) in [4.78, 5) is 19.4. The fourth-order valence-corrected chi connectivity index (χ4v) is 2.68. The van der Waals surface area contributed by atoms with Gasteiger partial charge in [-0.2, -0.15) is 0 Å². The zero-order valence-electron chi connectivity index (χ0n) is 15.1. The van der Waals surface area contributed by atoms with E-state index in [2.05, 4.69) is 20.4 Å². The maximum Gasteiger partial charge on any atom is 0.303 e. The van der Waals surface area contributed by atoms with E-state index >= 15 is 0 Å². The normalized spacial score (nSPS) is 11.2. The number of carboxylic acid groups (broad SMARTS) is 1. The van der Waals surface area contributed by atoms with Gasteiger partial charge in [-0.05, 0) is 29.8 Å². The number of rotatable bonds is 8. The lowest BCUT2D eigenvalue weighted by Gasteiger charge is -2.09. The molecule has 0 radical (unpaired) electrons. The minimum atomic E-state index is -0.877. The smallest absolute Gasteiger partial charge is 0.303 e. The van der Waals surface area contributed by atoms with Gasteiger partial charge in [0.25, 0.3) is 0 Å². The van der Waals surface area contributed by atoms with Crippen molar-refractivity contribution < 1.29 is 15.1 Å². The molecule has 0 saturated carbocycles. The van der Waals surface area contributed by atoms with Crippen molar-refractivity contribution in [1.29, 1.82) is 0 Å². The molecule has 142 valence electrons. The zero-order valence-corrected chi connectivity index (χ0v) is 15.1. The Kier molecular flexibility index (Phi) is 6.30. The Bertz CT molecular complexity index is 957. The van der Waals surface area contributed by atoms with Gasteiger partial charge in [-0.25, -0.2) is 4.98 Å². The van der Waals surface area contributed by atoms with Gasteiger partial charge in [-0.1, -0.05) is 41.6 Å². The highest BCUT2D eigenvalue weighted by atomic mass is 16.4. The Labute approximate surface area is 162 Å². The molecule has 28 heavy (non-hydrogen) atoms. The van der Waals surface area contributed by atoms with Crippen LogP contribution < -0.4 is 5.32 Å². The number of oxime groups is 1. The minimum absolute atomic E-state index is 0.0000228. The number of anilines is 1. The first kappa shape index (κ1) is 19.0. The van der Waals surface area contributed by atoms with E-state index in [1.165, 1.54) is 0 Å². The summed E-state index contributed by atoms with van der Waals surface area (Å²) in [6, 6.07) is 18.5. The van der Waals surface area contributed by atoms with Crippen molar-refractivity contribution in [1.82, 2.24) is 9.97 Å². The highest BCUT2D eigenvalue weighted by molar-refractivity contribution is 6.11. The number of pyridine rings is 2. The van der Waals surface area contributed by atoms with Crippen LogP contribution >= 0.6 is 0 Å². The first-order valence-electron chi connectivity index (χ1n) is 8.80. The summed E-state index contributed by atoms with van der Waals surface area (Å²) in [6.45, 7) is 0.617. The molecule has 3 N–H and O–H groups in total. The van der Waals surface area contributed by atoms with Crippen molar-refractivity contribution >= 4 is 17.5 Å². The molecule has 2 heterocycles. The summed E-state index contributed by atoms with van der Waals surface area (Å²) in [7, 11) is 0. The van der Waals surface area contributed by atoms with E-state index in [4.69, 9.17) is 5.11 Å². The van der Waals surface area contributed by atoms with Crippen molar-refractivity contribution in [2.75, 3.05) is 5.32 Å². The molecule has 3 rings (SSSR count). The molecule has 0 atom stereocenters. The van der Waals surface area contributed by atoms with Gasteiger partial charge < -0.3 is 15.6 Å². The van der Waals surface area contributed by atoms with E-state index in [-0.39, 0.29) is 6.42 Å². The lowest BCUT2D eigenvalue weighted by atomic mass is 10.0. The fraction of sp³-hybridized carbons (Fsp3) is 0.143. The third-order valence-corrected chi connectivity index (χ3v) is 4.11. The average Bonchev–Trinajstić information content (AvgIpc) is 2.73. The summed E-state index contributed by atoms with van der Waals surface area (Å²) < 4.78 is 0. The zero-order chi connectivity index (χ0) is 19.8. The molecule has 0 amide bonds. The average molecular weight is 376 g/mol. The van der Waals surface area contributed by atoms with Crippen LogP contribution in [0.2, 0.25) is 0 Å². The predicted molar refractivity (Wildman–Crippen MR) is 106 cm³/mol. The lowest BCUT2D eigenvalue weighted by molar-refractivity contribution is -0.136. The van der Waals surface area contributed by atoms with E-state index in [1.54, 1.807) is 24.4 Å². The van der Waals surface area contributed by atoms with Crippen molar-refractivity contribution in [3.8, 4) is 0 Å². The molecule has 7 heteroatoms. The van der Waals surface area contributed by atoms with Gasteiger partial charge in [0.1, 0.15) is 11.5 Å². The molecule has 0 bridgehead atoms. The largest absolute Gasteiger partial charge is 0.481 e. The van der Waals surface area contributed by atoms with Gasteiger partial charge in [0, 0.05) is 30.4 Å². The number of carbonyl (C=O) groups is 1. The maximum absolute atomic E-state index is 10.7. The van der Waals surface area contributed by atoms with Gasteiger partial charge in [-0.3, -0.25) is 9.78 Å². The molecule has 1 aromatic carbocycles. The molecule has 7 nitrogen and oxygen atoms in total. The van der Waals surface area contributed by atoms with E-state index in [0.717, 1.165) is 11.4 Å². The van der Waals surface area contributed by atoms with Crippen molar-refractivity contribution in [3.05, 3.63) is 89.4 Å². The van der Waals surface area contributed by atoms with Crippen LogP contribution in [0, 0.1) is 0 Å². The number of aliphatic carboxylic acids is 1.